The summed E-state index contributed by atoms with van der Waals surface area (Å²) < 4.78 is 1.32. The first-order valence-electron chi connectivity index (χ1n) is 6.60. The number of fused-ring (bicyclic) bond motifs is 1. The maximum absolute atomic E-state index is 12.0. The number of rotatable bonds is 1. The molecule has 0 spiro atoms. The number of carbonyl (C=O) groups excluding carboxylic acids is 1. The van der Waals surface area contributed by atoms with E-state index in [4.69, 9.17) is 0 Å². The first kappa shape index (κ1) is 17.2. The van der Waals surface area contributed by atoms with Gasteiger partial charge in [0, 0.05) is 0 Å². The molecule has 0 unspecified atom stereocenters. The number of para-hydroxylation sites is 1. The van der Waals surface area contributed by atoms with Gasteiger partial charge >= 0.3 is 17.1 Å². The zero-order valence-corrected chi connectivity index (χ0v) is 12.7. The summed E-state index contributed by atoms with van der Waals surface area (Å²) in [4.78, 5) is 12.0. The molecule has 108 valence electrons. The second kappa shape index (κ2) is 8.44. The van der Waals surface area contributed by atoms with Gasteiger partial charge in [0.15, 0.2) is 0 Å². The average molecular weight is 331 g/mol. The van der Waals surface area contributed by atoms with Crippen LogP contribution >= 0.6 is 0 Å². The monoisotopic (exact) mass is 331 g/mol. The molecule has 0 N–H and O–H groups in total. The van der Waals surface area contributed by atoms with Gasteiger partial charge in [-0.1, -0.05) is 17.3 Å². The minimum absolute atomic E-state index is 0. The molecule has 2 saturated carbocycles. The zero-order chi connectivity index (χ0) is 14.5. The van der Waals surface area contributed by atoms with Crippen LogP contribution in [0, 0.1) is 63.7 Å². The molecule has 22 heavy (non-hydrogen) atoms. The summed E-state index contributed by atoms with van der Waals surface area (Å²) in [5, 5.41) is 7.81. The van der Waals surface area contributed by atoms with Crippen molar-refractivity contribution in [2.45, 2.75) is 0 Å². The summed E-state index contributed by atoms with van der Waals surface area (Å²) in [5.41, 5.74) is 1.45. The molecule has 2 fully saturated rings. The van der Waals surface area contributed by atoms with Crippen molar-refractivity contribution < 1.29 is 21.9 Å². The third-order valence-corrected chi connectivity index (χ3v) is 3.01. The fraction of sp³-hybridized carbons (Fsp3) is 0. The molecule has 0 saturated heterocycles. The molecule has 1 aromatic heterocycles. The van der Waals surface area contributed by atoms with Gasteiger partial charge in [0.05, 0.1) is 11.4 Å². The average Bonchev–Trinajstić information content (AvgIpc) is 3.28. The first-order valence-corrected chi connectivity index (χ1v) is 6.60. The van der Waals surface area contributed by atoms with Crippen LogP contribution in [0.25, 0.3) is 11.0 Å². The molecular weight excluding hydrogens is 318 g/mol. The Morgan fingerprint density at radius 2 is 1.45 bits per heavy atom. The normalized spacial score (nSPS) is 17.8. The van der Waals surface area contributed by atoms with Crippen molar-refractivity contribution in [2.75, 3.05) is 0 Å². The van der Waals surface area contributed by atoms with Crippen molar-refractivity contribution in [2.24, 2.45) is 0 Å². The predicted octanol–water partition coefficient (Wildman–Crippen LogP) is 2.50. The summed E-state index contributed by atoms with van der Waals surface area (Å²) in [6.07, 6.45) is 17.2. The van der Waals surface area contributed by atoms with Gasteiger partial charge in [-0.15, -0.1) is 5.10 Å². The fourth-order valence-electron chi connectivity index (χ4n) is 1.98. The second-order valence-corrected chi connectivity index (χ2v) is 4.43. The minimum Gasteiger partial charge on any atom is -0.272 e. The molecule has 1 heterocycles. The SMILES string of the molecule is O=C([C]1[CH][CH][CH][CH]1)n1nnc2ccccc21.[CH]1[CH][CH][CH][CH]1.[Fe+2]. The summed E-state index contributed by atoms with van der Waals surface area (Å²) in [6, 6.07) is 7.39. The van der Waals surface area contributed by atoms with Gasteiger partial charge in [-0.2, -0.15) is 4.68 Å². The van der Waals surface area contributed by atoms with Crippen LogP contribution in [-0.2, 0) is 17.1 Å². The Balaban J connectivity index is 0.000000253. The van der Waals surface area contributed by atoms with E-state index >= 15 is 0 Å². The van der Waals surface area contributed by atoms with Crippen molar-refractivity contribution in [3.8, 4) is 0 Å². The molecule has 4 rings (SSSR count). The van der Waals surface area contributed by atoms with Crippen molar-refractivity contribution in [1.29, 1.82) is 0 Å². The van der Waals surface area contributed by atoms with E-state index in [0.717, 1.165) is 11.0 Å². The van der Waals surface area contributed by atoms with Crippen molar-refractivity contribution in [3.05, 3.63) is 88.0 Å². The molecule has 2 aromatic rings. The number of aromatic nitrogens is 3. The van der Waals surface area contributed by atoms with Crippen molar-refractivity contribution in [1.82, 2.24) is 15.0 Å². The van der Waals surface area contributed by atoms with Gasteiger partial charge in [-0.25, -0.2) is 0 Å². The Labute approximate surface area is 142 Å². The Morgan fingerprint density at radius 3 is 2.09 bits per heavy atom. The molecule has 5 heteroatoms. The quantitative estimate of drug-likeness (QED) is 0.755. The molecule has 1 aromatic carbocycles. The van der Waals surface area contributed by atoms with Crippen LogP contribution in [0.5, 0.6) is 0 Å². The standard InChI is InChI=1S/C12H8N3O.C5H5.Fe/c16-12(9-5-1-2-6-9)15-11-8-4-3-7-10(11)13-14-15;1-2-4-5-3-1;/h1-8H;1-5H;/q;;+2. The molecular formula is C17H13FeN3O+2. The van der Waals surface area contributed by atoms with Crippen LogP contribution < -0.4 is 0 Å². The van der Waals surface area contributed by atoms with E-state index in [1.807, 2.05) is 69.2 Å². The molecule has 2 aliphatic carbocycles. The van der Waals surface area contributed by atoms with Crippen LogP contribution in [0.4, 0.5) is 0 Å². The predicted molar refractivity (Wildman–Crippen MR) is 80.1 cm³/mol. The summed E-state index contributed by atoms with van der Waals surface area (Å²) in [5.74, 6) is 0.467. The maximum Gasteiger partial charge on any atom is 2.00 e. The Bertz CT molecular complexity index is 593. The largest absolute Gasteiger partial charge is 2.00 e. The number of hydrogen-bond donors (Lipinski definition) is 0. The molecule has 0 bridgehead atoms. The van der Waals surface area contributed by atoms with E-state index in [-0.39, 0.29) is 23.0 Å². The van der Waals surface area contributed by atoms with Crippen LogP contribution in [-0.4, -0.2) is 20.9 Å². The Hall–Kier alpha value is -1.19. The zero-order valence-electron chi connectivity index (χ0n) is 11.6. The summed E-state index contributed by atoms with van der Waals surface area (Å²) in [7, 11) is 0. The third kappa shape index (κ3) is 3.96. The van der Waals surface area contributed by atoms with E-state index in [9.17, 15) is 4.79 Å². The van der Waals surface area contributed by atoms with Crippen LogP contribution in [0.15, 0.2) is 24.3 Å². The summed E-state index contributed by atoms with van der Waals surface area (Å²) >= 11 is 0. The van der Waals surface area contributed by atoms with Crippen LogP contribution in [0.3, 0.4) is 0 Å². The molecule has 0 aliphatic heterocycles. The van der Waals surface area contributed by atoms with Gasteiger partial charge in [0.25, 0.3) is 5.91 Å². The smallest absolute Gasteiger partial charge is 0.272 e. The molecule has 2 aliphatic rings. The summed E-state index contributed by atoms with van der Waals surface area (Å²) in [6.45, 7) is 0. The van der Waals surface area contributed by atoms with Crippen LogP contribution in [0.1, 0.15) is 4.79 Å². The second-order valence-electron chi connectivity index (χ2n) is 4.43. The van der Waals surface area contributed by atoms with E-state index in [1.54, 1.807) is 12.8 Å². The minimum atomic E-state index is -0.154. The number of hydrogen-bond acceptors (Lipinski definition) is 3. The first-order chi connectivity index (χ1) is 10.4. The fourth-order valence-corrected chi connectivity index (χ4v) is 1.98. The van der Waals surface area contributed by atoms with E-state index in [1.165, 1.54) is 4.68 Å². The van der Waals surface area contributed by atoms with E-state index in [0.29, 0.717) is 5.92 Å². The number of benzene rings is 1. The van der Waals surface area contributed by atoms with E-state index < -0.39 is 0 Å². The van der Waals surface area contributed by atoms with E-state index in [2.05, 4.69) is 10.3 Å². The van der Waals surface area contributed by atoms with Gasteiger partial charge in [0.2, 0.25) is 0 Å². The van der Waals surface area contributed by atoms with Gasteiger partial charge in [0.1, 0.15) is 5.52 Å². The van der Waals surface area contributed by atoms with Gasteiger partial charge in [-0.3, -0.25) is 4.79 Å². The Kier molecular flexibility index (Phi) is 6.59. The molecule has 4 nitrogen and oxygen atoms in total. The maximum atomic E-state index is 12.0. The van der Waals surface area contributed by atoms with Crippen LogP contribution in [0.2, 0.25) is 0 Å². The Morgan fingerprint density at radius 1 is 0.864 bits per heavy atom. The number of carbonyl (C=O) groups is 1. The van der Waals surface area contributed by atoms with Crippen molar-refractivity contribution >= 4 is 16.9 Å². The molecule has 0 atom stereocenters. The topological polar surface area (TPSA) is 47.8 Å². The third-order valence-electron chi connectivity index (χ3n) is 3.01. The number of nitrogens with zero attached hydrogens (tertiary/aromatic N) is 3. The van der Waals surface area contributed by atoms with Crippen molar-refractivity contribution in [3.63, 3.8) is 0 Å². The van der Waals surface area contributed by atoms with Gasteiger partial charge < -0.3 is 0 Å². The molecule has 10 radical (unpaired) electrons. The molecule has 0 amide bonds. The van der Waals surface area contributed by atoms with Gasteiger partial charge in [-0.05, 0) is 69.9 Å².